The number of non-ortho nitro benzene ring substituents is 1. The van der Waals surface area contributed by atoms with E-state index in [1.807, 2.05) is 24.4 Å². The predicted octanol–water partition coefficient (Wildman–Crippen LogP) is 3.81. The molecule has 0 radical (unpaired) electrons. The molecule has 1 aromatic heterocycles. The van der Waals surface area contributed by atoms with Crippen molar-refractivity contribution in [3.8, 4) is 17.0 Å². The molecule has 0 fully saturated rings. The molecule has 9 heteroatoms. The van der Waals surface area contributed by atoms with Crippen molar-refractivity contribution in [2.75, 3.05) is 18.1 Å². The molecule has 2 aromatic carbocycles. The number of ether oxygens (including phenoxy) is 1. The number of amides is 1. The minimum absolute atomic E-state index is 0.0296. The van der Waals surface area contributed by atoms with Crippen molar-refractivity contribution < 1.29 is 19.2 Å². The summed E-state index contributed by atoms with van der Waals surface area (Å²) in [6.45, 7) is 2.23. The van der Waals surface area contributed by atoms with Crippen molar-refractivity contribution >= 4 is 34.9 Å². The van der Waals surface area contributed by atoms with Gasteiger partial charge in [-0.15, -0.1) is 11.3 Å². The highest BCUT2D eigenvalue weighted by molar-refractivity contribution is 7.09. The second kappa shape index (κ2) is 8.03. The number of aromatic nitrogens is 1. The summed E-state index contributed by atoms with van der Waals surface area (Å²) in [5, 5.41) is 13.8. The average molecular weight is 423 g/mol. The molecule has 0 bridgehead atoms. The first-order chi connectivity index (χ1) is 14.5. The summed E-state index contributed by atoms with van der Waals surface area (Å²) in [5.41, 5.74) is 3.66. The van der Waals surface area contributed by atoms with Gasteiger partial charge in [-0.3, -0.25) is 19.7 Å². The second-order valence-corrected chi connectivity index (χ2v) is 7.84. The smallest absolute Gasteiger partial charge is 0.270 e. The molecular weight excluding hydrogens is 406 g/mol. The van der Waals surface area contributed by atoms with Crippen molar-refractivity contribution in [3.05, 3.63) is 68.0 Å². The Morgan fingerprint density at radius 1 is 1.33 bits per heavy atom. The van der Waals surface area contributed by atoms with E-state index < -0.39 is 4.92 Å². The van der Waals surface area contributed by atoms with Gasteiger partial charge in [0.1, 0.15) is 5.75 Å². The molecule has 1 aliphatic rings. The van der Waals surface area contributed by atoms with E-state index in [9.17, 15) is 19.7 Å². The lowest BCUT2D eigenvalue weighted by molar-refractivity contribution is -0.384. The maximum Gasteiger partial charge on any atom is 0.270 e. The molecule has 0 aliphatic carbocycles. The minimum Gasteiger partial charge on any atom is -0.483 e. The number of aryl methyl sites for hydroxylation is 1. The molecule has 0 saturated carbocycles. The number of nitro groups is 1. The highest BCUT2D eigenvalue weighted by atomic mass is 32.1. The second-order valence-electron chi connectivity index (χ2n) is 6.78. The molecule has 0 atom stereocenters. The monoisotopic (exact) mass is 423 g/mol. The summed E-state index contributed by atoms with van der Waals surface area (Å²) in [4.78, 5) is 40.3. The Bertz CT molecular complexity index is 1160. The molecule has 2 heterocycles. The summed E-state index contributed by atoms with van der Waals surface area (Å²) in [6, 6.07) is 9.60. The molecule has 1 aliphatic heterocycles. The Kier molecular flexibility index (Phi) is 5.28. The number of carbonyl (C=O) groups is 2. The lowest BCUT2D eigenvalue weighted by Crippen LogP contribution is -2.33. The topological polar surface area (TPSA) is 103 Å². The number of carbonyl (C=O) groups excluding carboxylic acids is 2. The van der Waals surface area contributed by atoms with Gasteiger partial charge < -0.3 is 9.64 Å². The summed E-state index contributed by atoms with van der Waals surface area (Å²) < 4.78 is 5.49. The molecule has 1 amide bonds. The van der Waals surface area contributed by atoms with E-state index in [4.69, 9.17) is 4.74 Å². The van der Waals surface area contributed by atoms with Gasteiger partial charge in [0, 0.05) is 35.3 Å². The molecule has 0 unspecified atom stereocenters. The number of benzene rings is 2. The Labute approximate surface area is 175 Å². The molecule has 30 heavy (non-hydrogen) atoms. The quantitative estimate of drug-likeness (QED) is 0.339. The van der Waals surface area contributed by atoms with E-state index in [1.165, 1.54) is 12.1 Å². The van der Waals surface area contributed by atoms with E-state index in [-0.39, 0.29) is 29.5 Å². The van der Waals surface area contributed by atoms with Crippen molar-refractivity contribution in [3.63, 3.8) is 0 Å². The fourth-order valence-corrected chi connectivity index (χ4v) is 4.03. The Morgan fingerprint density at radius 3 is 2.87 bits per heavy atom. The van der Waals surface area contributed by atoms with E-state index in [2.05, 4.69) is 11.1 Å². The number of anilines is 1. The van der Waals surface area contributed by atoms with Crippen LogP contribution < -0.4 is 9.64 Å². The van der Waals surface area contributed by atoms with Gasteiger partial charge in [0.2, 0.25) is 0 Å². The fraction of sp³-hybridized carbons (Fsp3) is 0.190. The first kappa shape index (κ1) is 19.7. The fourth-order valence-electron chi connectivity index (χ4n) is 3.41. The van der Waals surface area contributed by atoms with E-state index in [0.29, 0.717) is 12.8 Å². The first-order valence-corrected chi connectivity index (χ1v) is 10.1. The first-order valence-electron chi connectivity index (χ1n) is 9.18. The number of rotatable bonds is 6. The average Bonchev–Trinajstić information content (AvgIpc) is 3.37. The van der Waals surface area contributed by atoms with Gasteiger partial charge in [0.05, 0.1) is 21.2 Å². The van der Waals surface area contributed by atoms with Crippen LogP contribution in [-0.2, 0) is 11.2 Å². The van der Waals surface area contributed by atoms with Crippen molar-refractivity contribution in [1.82, 2.24) is 4.98 Å². The van der Waals surface area contributed by atoms with Crippen molar-refractivity contribution in [2.24, 2.45) is 0 Å². The number of nitro benzene ring substituents is 1. The van der Waals surface area contributed by atoms with E-state index >= 15 is 0 Å². The number of hydrogen-bond donors (Lipinski definition) is 0. The third-order valence-corrected chi connectivity index (χ3v) is 5.65. The summed E-state index contributed by atoms with van der Waals surface area (Å²) in [7, 11) is 0. The number of nitrogens with zero attached hydrogens (tertiary/aromatic N) is 3. The molecule has 3 aromatic rings. The zero-order valence-electron chi connectivity index (χ0n) is 16.0. The summed E-state index contributed by atoms with van der Waals surface area (Å²) >= 11 is 1.59. The van der Waals surface area contributed by atoms with Crippen LogP contribution in [0.15, 0.2) is 41.8 Å². The number of thiazole rings is 1. The highest BCUT2D eigenvalue weighted by Crippen LogP contribution is 2.33. The van der Waals surface area contributed by atoms with Crippen LogP contribution in [0.5, 0.6) is 5.75 Å². The van der Waals surface area contributed by atoms with Crippen LogP contribution in [0.4, 0.5) is 11.4 Å². The third-order valence-electron chi connectivity index (χ3n) is 4.87. The van der Waals surface area contributed by atoms with Gasteiger partial charge >= 0.3 is 0 Å². The standard InChI is InChI=1S/C21H17N3O5S/c1-13-22-18(12-30-13)14-2-4-19-15(8-14)6-7-23(19)21(26)11-29-20-5-3-17(24(27)28)9-16(20)10-25/h2-5,8-10,12H,6-7,11H2,1H3. The largest absolute Gasteiger partial charge is 0.483 e. The van der Waals surface area contributed by atoms with Gasteiger partial charge in [0.15, 0.2) is 12.9 Å². The molecule has 0 N–H and O–H groups in total. The molecule has 8 nitrogen and oxygen atoms in total. The summed E-state index contributed by atoms with van der Waals surface area (Å²) in [5.74, 6) is -0.112. The third kappa shape index (κ3) is 3.79. The molecule has 0 saturated heterocycles. The Balaban J connectivity index is 1.47. The molecule has 152 valence electrons. The lowest BCUT2D eigenvalue weighted by Gasteiger charge is -2.18. The zero-order valence-corrected chi connectivity index (χ0v) is 16.8. The molecule has 4 rings (SSSR count). The normalized spacial score (nSPS) is 12.5. The maximum absolute atomic E-state index is 12.7. The van der Waals surface area contributed by atoms with Crippen LogP contribution in [0.2, 0.25) is 0 Å². The van der Waals surface area contributed by atoms with Crippen LogP contribution in [-0.4, -0.2) is 35.3 Å². The van der Waals surface area contributed by atoms with Crippen LogP contribution in [0.1, 0.15) is 20.9 Å². The predicted molar refractivity (Wildman–Crippen MR) is 112 cm³/mol. The number of aldehydes is 1. The number of fused-ring (bicyclic) bond motifs is 1. The highest BCUT2D eigenvalue weighted by Gasteiger charge is 2.26. The van der Waals surface area contributed by atoms with Crippen molar-refractivity contribution in [2.45, 2.75) is 13.3 Å². The summed E-state index contributed by atoms with van der Waals surface area (Å²) in [6.07, 6.45) is 1.20. The van der Waals surface area contributed by atoms with Gasteiger partial charge in [-0.1, -0.05) is 6.07 Å². The Morgan fingerprint density at radius 2 is 2.17 bits per heavy atom. The van der Waals surface area contributed by atoms with Crippen LogP contribution in [0.3, 0.4) is 0 Å². The Hall–Kier alpha value is -3.59. The van der Waals surface area contributed by atoms with Gasteiger partial charge in [-0.05, 0) is 37.1 Å². The lowest BCUT2D eigenvalue weighted by atomic mass is 10.1. The zero-order chi connectivity index (χ0) is 21.3. The maximum atomic E-state index is 12.7. The molecular formula is C21H17N3O5S. The van der Waals surface area contributed by atoms with Crippen LogP contribution in [0.25, 0.3) is 11.3 Å². The van der Waals surface area contributed by atoms with E-state index in [0.717, 1.165) is 40.0 Å². The van der Waals surface area contributed by atoms with Crippen molar-refractivity contribution in [1.29, 1.82) is 0 Å². The van der Waals surface area contributed by atoms with Gasteiger partial charge in [-0.2, -0.15) is 0 Å². The van der Waals surface area contributed by atoms with Crippen LogP contribution in [0, 0.1) is 17.0 Å². The van der Waals surface area contributed by atoms with E-state index in [1.54, 1.807) is 16.2 Å². The van der Waals surface area contributed by atoms with Gasteiger partial charge in [0.25, 0.3) is 11.6 Å². The van der Waals surface area contributed by atoms with Crippen LogP contribution >= 0.6 is 11.3 Å². The number of hydrogen-bond acceptors (Lipinski definition) is 7. The minimum atomic E-state index is -0.593. The van der Waals surface area contributed by atoms with Gasteiger partial charge in [-0.25, -0.2) is 4.98 Å². The molecule has 0 spiro atoms. The SMILES string of the molecule is Cc1nc(-c2ccc3c(c2)CCN3C(=O)COc2ccc([N+](=O)[O-])cc2C=O)cs1.